The second kappa shape index (κ2) is 5.70. The number of aromatic amines is 1. The van der Waals surface area contributed by atoms with Gasteiger partial charge in [-0.15, -0.1) is 0 Å². The number of carbonyl (C=O) groups is 1. The minimum Gasteiger partial charge on any atom is -0.354 e. The first-order valence-corrected chi connectivity index (χ1v) is 8.44. The van der Waals surface area contributed by atoms with E-state index in [2.05, 4.69) is 46.4 Å². The molecule has 0 atom stereocenters. The van der Waals surface area contributed by atoms with E-state index in [-0.39, 0.29) is 5.91 Å². The zero-order valence-electron chi connectivity index (χ0n) is 13.9. The molecule has 1 N–H and O–H groups in total. The molecular formula is C22H15N3O. The summed E-state index contributed by atoms with van der Waals surface area (Å²) in [5.74, 6) is -0.0853. The van der Waals surface area contributed by atoms with Crippen LogP contribution in [-0.4, -0.2) is 20.4 Å². The molecule has 4 heteroatoms. The van der Waals surface area contributed by atoms with Crippen molar-refractivity contribution in [3.05, 3.63) is 91.0 Å². The van der Waals surface area contributed by atoms with Crippen molar-refractivity contribution in [3.63, 3.8) is 0 Å². The lowest BCUT2D eigenvalue weighted by molar-refractivity contribution is 0.0960. The lowest BCUT2D eigenvalue weighted by Gasteiger charge is -2.06. The van der Waals surface area contributed by atoms with Crippen molar-refractivity contribution < 1.29 is 4.79 Å². The standard InChI is InChI=1S/C22H15N3O/c26-22(25-13-12-23-14-25)16-10-8-15(9-11-16)17-5-3-6-19-18-4-1-2-7-20(18)24-21(17)19/h1-14,24H. The molecule has 4 nitrogen and oxygen atoms in total. The predicted octanol–water partition coefficient (Wildman–Crippen LogP) is 4.87. The quantitative estimate of drug-likeness (QED) is 0.499. The molecule has 0 fully saturated rings. The fourth-order valence-corrected chi connectivity index (χ4v) is 3.43. The molecule has 5 aromatic rings. The van der Waals surface area contributed by atoms with Crippen molar-refractivity contribution in [1.82, 2.24) is 14.5 Å². The normalized spacial score (nSPS) is 11.2. The van der Waals surface area contributed by atoms with Crippen LogP contribution in [0.4, 0.5) is 0 Å². The number of imidazole rings is 1. The van der Waals surface area contributed by atoms with E-state index in [0.717, 1.165) is 22.2 Å². The molecular weight excluding hydrogens is 322 g/mol. The van der Waals surface area contributed by atoms with E-state index in [9.17, 15) is 4.79 Å². The van der Waals surface area contributed by atoms with E-state index in [1.54, 1.807) is 12.4 Å². The van der Waals surface area contributed by atoms with Crippen LogP contribution in [0.1, 0.15) is 10.4 Å². The summed E-state index contributed by atoms with van der Waals surface area (Å²) in [4.78, 5) is 19.9. The highest BCUT2D eigenvalue weighted by atomic mass is 16.2. The molecule has 0 bridgehead atoms. The maximum atomic E-state index is 12.4. The smallest absolute Gasteiger partial charge is 0.263 e. The molecule has 0 spiro atoms. The number of hydrogen-bond donors (Lipinski definition) is 1. The number of H-pyrrole nitrogens is 1. The molecule has 0 aliphatic rings. The topological polar surface area (TPSA) is 50.7 Å². The molecule has 26 heavy (non-hydrogen) atoms. The highest BCUT2D eigenvalue weighted by Gasteiger charge is 2.11. The molecule has 2 aromatic heterocycles. The average molecular weight is 337 g/mol. The number of para-hydroxylation sites is 2. The van der Waals surface area contributed by atoms with Crippen LogP contribution in [0.25, 0.3) is 32.9 Å². The van der Waals surface area contributed by atoms with Gasteiger partial charge in [-0.3, -0.25) is 9.36 Å². The van der Waals surface area contributed by atoms with Gasteiger partial charge in [0.15, 0.2) is 0 Å². The van der Waals surface area contributed by atoms with Crippen LogP contribution >= 0.6 is 0 Å². The first kappa shape index (κ1) is 14.7. The number of carbonyl (C=O) groups excluding carboxylic acids is 1. The molecule has 2 heterocycles. The second-order valence-electron chi connectivity index (χ2n) is 6.25. The van der Waals surface area contributed by atoms with Crippen LogP contribution in [-0.2, 0) is 0 Å². The molecule has 124 valence electrons. The molecule has 0 saturated carbocycles. The number of rotatable bonds is 2. The van der Waals surface area contributed by atoms with E-state index >= 15 is 0 Å². The van der Waals surface area contributed by atoms with Crippen LogP contribution in [0.3, 0.4) is 0 Å². The van der Waals surface area contributed by atoms with Crippen LogP contribution in [0.15, 0.2) is 85.5 Å². The fourth-order valence-electron chi connectivity index (χ4n) is 3.43. The van der Waals surface area contributed by atoms with E-state index in [1.807, 2.05) is 30.3 Å². The Labute approximate surface area is 149 Å². The van der Waals surface area contributed by atoms with Gasteiger partial charge in [0, 0.05) is 39.8 Å². The fraction of sp³-hybridized carbons (Fsp3) is 0. The lowest BCUT2D eigenvalue weighted by atomic mass is 10.0. The molecule has 0 amide bonds. The van der Waals surface area contributed by atoms with Gasteiger partial charge in [0.1, 0.15) is 6.33 Å². The molecule has 0 unspecified atom stereocenters. The summed E-state index contributed by atoms with van der Waals surface area (Å²) in [6.45, 7) is 0. The number of nitrogens with zero attached hydrogens (tertiary/aromatic N) is 2. The van der Waals surface area contributed by atoms with Gasteiger partial charge >= 0.3 is 0 Å². The van der Waals surface area contributed by atoms with Gasteiger partial charge in [-0.2, -0.15) is 0 Å². The highest BCUT2D eigenvalue weighted by Crippen LogP contribution is 2.33. The Morgan fingerprint density at radius 3 is 2.50 bits per heavy atom. The Morgan fingerprint density at radius 2 is 1.69 bits per heavy atom. The first-order valence-electron chi connectivity index (χ1n) is 8.44. The highest BCUT2D eigenvalue weighted by molar-refractivity contribution is 6.11. The van der Waals surface area contributed by atoms with E-state index < -0.39 is 0 Å². The van der Waals surface area contributed by atoms with Gasteiger partial charge in [0.25, 0.3) is 5.91 Å². The van der Waals surface area contributed by atoms with Gasteiger partial charge in [-0.1, -0.05) is 48.5 Å². The largest absolute Gasteiger partial charge is 0.354 e. The number of benzene rings is 3. The Morgan fingerprint density at radius 1 is 0.885 bits per heavy atom. The monoisotopic (exact) mass is 337 g/mol. The Hall–Kier alpha value is -3.66. The maximum absolute atomic E-state index is 12.4. The Balaban J connectivity index is 1.61. The van der Waals surface area contributed by atoms with Crippen molar-refractivity contribution in [2.45, 2.75) is 0 Å². The Kier molecular flexibility index (Phi) is 3.22. The zero-order chi connectivity index (χ0) is 17.5. The lowest BCUT2D eigenvalue weighted by Crippen LogP contribution is -2.09. The van der Waals surface area contributed by atoms with Crippen LogP contribution < -0.4 is 0 Å². The van der Waals surface area contributed by atoms with Crippen molar-refractivity contribution in [2.75, 3.05) is 0 Å². The minimum atomic E-state index is -0.0853. The maximum Gasteiger partial charge on any atom is 0.263 e. The number of aromatic nitrogens is 3. The van der Waals surface area contributed by atoms with Crippen molar-refractivity contribution in [3.8, 4) is 11.1 Å². The summed E-state index contributed by atoms with van der Waals surface area (Å²) in [5, 5.41) is 2.42. The molecule has 0 saturated heterocycles. The summed E-state index contributed by atoms with van der Waals surface area (Å²) < 4.78 is 1.48. The third-order valence-electron chi connectivity index (χ3n) is 4.72. The number of nitrogens with one attached hydrogen (secondary N) is 1. The molecule has 3 aromatic carbocycles. The summed E-state index contributed by atoms with van der Waals surface area (Å²) in [6, 6.07) is 22.3. The molecule has 5 rings (SSSR count). The van der Waals surface area contributed by atoms with Crippen molar-refractivity contribution >= 4 is 27.7 Å². The minimum absolute atomic E-state index is 0.0853. The van der Waals surface area contributed by atoms with Crippen LogP contribution in [0.2, 0.25) is 0 Å². The average Bonchev–Trinajstić information content (AvgIpc) is 3.35. The van der Waals surface area contributed by atoms with E-state index in [1.165, 1.54) is 21.7 Å². The SMILES string of the molecule is O=C(c1ccc(-c2cccc3c2[nH]c2ccccc23)cc1)n1ccnc1. The van der Waals surface area contributed by atoms with E-state index in [0.29, 0.717) is 5.56 Å². The van der Waals surface area contributed by atoms with Gasteiger partial charge in [0.05, 0.1) is 5.52 Å². The van der Waals surface area contributed by atoms with Gasteiger partial charge in [-0.05, 0) is 23.8 Å². The van der Waals surface area contributed by atoms with Gasteiger partial charge in [0.2, 0.25) is 0 Å². The zero-order valence-corrected chi connectivity index (χ0v) is 13.9. The number of hydrogen-bond acceptors (Lipinski definition) is 2. The summed E-state index contributed by atoms with van der Waals surface area (Å²) in [6.07, 6.45) is 4.77. The van der Waals surface area contributed by atoms with Crippen molar-refractivity contribution in [2.24, 2.45) is 0 Å². The predicted molar refractivity (Wildman–Crippen MR) is 103 cm³/mol. The van der Waals surface area contributed by atoms with Crippen LogP contribution in [0, 0.1) is 0 Å². The molecule has 0 aliphatic heterocycles. The summed E-state index contributed by atoms with van der Waals surface area (Å²) in [5.41, 5.74) is 5.07. The van der Waals surface area contributed by atoms with Crippen molar-refractivity contribution in [1.29, 1.82) is 0 Å². The van der Waals surface area contributed by atoms with Gasteiger partial charge < -0.3 is 4.98 Å². The molecule has 0 radical (unpaired) electrons. The summed E-state index contributed by atoms with van der Waals surface area (Å²) in [7, 11) is 0. The first-order chi connectivity index (χ1) is 12.8. The Bertz CT molecular complexity index is 1230. The van der Waals surface area contributed by atoms with Gasteiger partial charge in [-0.25, -0.2) is 4.98 Å². The third kappa shape index (κ3) is 2.24. The third-order valence-corrected chi connectivity index (χ3v) is 4.72. The molecule has 0 aliphatic carbocycles. The summed E-state index contributed by atoms with van der Waals surface area (Å²) >= 11 is 0. The number of fused-ring (bicyclic) bond motifs is 3. The van der Waals surface area contributed by atoms with Crippen LogP contribution in [0.5, 0.6) is 0 Å². The van der Waals surface area contributed by atoms with E-state index in [4.69, 9.17) is 0 Å². The second-order valence-corrected chi connectivity index (χ2v) is 6.25.